The van der Waals surface area contributed by atoms with Gasteiger partial charge in [-0.2, -0.15) is 0 Å². The third kappa shape index (κ3) is 5.34. The molecule has 0 aromatic heterocycles. The van der Waals surface area contributed by atoms with Crippen LogP contribution in [0.2, 0.25) is 0 Å². The van der Waals surface area contributed by atoms with E-state index in [0.717, 1.165) is 11.6 Å². The summed E-state index contributed by atoms with van der Waals surface area (Å²) in [5, 5.41) is 10.1. The number of carbonyl (C=O) groups excluding carboxylic acids is 1. The summed E-state index contributed by atoms with van der Waals surface area (Å²) in [4.78, 5) is 12.5. The first-order chi connectivity index (χ1) is 12.9. The Morgan fingerprint density at radius 2 is 1.71 bits per heavy atom. The second kappa shape index (κ2) is 10.5. The molecule has 1 atom stereocenters. The number of halogens is 2. The second-order valence-corrected chi connectivity index (χ2v) is 5.67. The maximum atomic E-state index is 14.4. The highest BCUT2D eigenvalue weighted by Crippen LogP contribution is 2.33. The number of methoxy groups -OCH3 is 3. The molecule has 0 aliphatic heterocycles. The zero-order valence-corrected chi connectivity index (χ0v) is 16.6. The van der Waals surface area contributed by atoms with Gasteiger partial charge in [0.05, 0.1) is 14.2 Å². The van der Waals surface area contributed by atoms with E-state index in [-0.39, 0.29) is 36.1 Å². The zero-order valence-electron chi connectivity index (χ0n) is 15.7. The smallest absolute Gasteiger partial charge is 0.254 e. The highest BCUT2D eigenvalue weighted by Gasteiger charge is 2.25. The Balaban J connectivity index is 0.00000392. The first-order valence-electron chi connectivity index (χ1n) is 8.06. The van der Waals surface area contributed by atoms with Gasteiger partial charge in [-0.05, 0) is 11.6 Å². The summed E-state index contributed by atoms with van der Waals surface area (Å²) in [6.45, 7) is 0.214. The third-order valence-corrected chi connectivity index (χ3v) is 3.99. The number of nitrogens with two attached hydrogens (primary N) is 1. The molecule has 0 radical (unpaired) electrons. The van der Waals surface area contributed by atoms with E-state index in [2.05, 4.69) is 5.32 Å². The van der Waals surface area contributed by atoms with Crippen LogP contribution >= 0.6 is 12.4 Å². The number of carbonyl (C=O) groups is 1. The maximum absolute atomic E-state index is 14.4. The molecular weight excluding hydrogens is 389 g/mol. The molecule has 28 heavy (non-hydrogen) atoms. The summed E-state index contributed by atoms with van der Waals surface area (Å²) in [5.41, 5.74) is 6.84. The molecule has 1 amide bonds. The van der Waals surface area contributed by atoms with Crippen LogP contribution in [0.4, 0.5) is 4.39 Å². The van der Waals surface area contributed by atoms with Crippen LogP contribution in [0.3, 0.4) is 0 Å². The quantitative estimate of drug-likeness (QED) is 0.457. The molecule has 0 bridgehead atoms. The van der Waals surface area contributed by atoms with Crippen LogP contribution in [-0.2, 0) is 16.1 Å². The number of hydrogen-bond acceptors (Lipinski definition) is 5. The summed E-state index contributed by atoms with van der Waals surface area (Å²) in [6, 6.07) is 9.39. The second-order valence-electron chi connectivity index (χ2n) is 5.67. The summed E-state index contributed by atoms with van der Waals surface area (Å²) < 4.78 is 29.8. The fourth-order valence-corrected chi connectivity index (χ4v) is 2.53. The van der Waals surface area contributed by atoms with E-state index in [1.807, 2.05) is 0 Å². The normalized spacial score (nSPS) is 11.1. The number of benzene rings is 2. The molecule has 2 aromatic rings. The van der Waals surface area contributed by atoms with Gasteiger partial charge < -0.3 is 25.3 Å². The van der Waals surface area contributed by atoms with Crippen LogP contribution in [0.1, 0.15) is 22.8 Å². The lowest BCUT2D eigenvalue weighted by Crippen LogP contribution is -2.30. The van der Waals surface area contributed by atoms with Gasteiger partial charge in [0, 0.05) is 30.8 Å². The highest BCUT2D eigenvalue weighted by atomic mass is 35.5. The largest absolute Gasteiger partial charge is 0.493 e. The van der Waals surface area contributed by atoms with E-state index in [1.165, 1.54) is 27.4 Å². The molecule has 1 unspecified atom stereocenters. The van der Waals surface area contributed by atoms with Gasteiger partial charge in [0.15, 0.2) is 17.6 Å². The Bertz CT molecular complexity index is 831. The molecule has 2 rings (SSSR count). The van der Waals surface area contributed by atoms with Crippen LogP contribution in [0.15, 0.2) is 36.4 Å². The first kappa shape index (κ1) is 23.2. The Morgan fingerprint density at radius 3 is 2.21 bits per heavy atom. The molecule has 0 aliphatic carbocycles. The predicted molar refractivity (Wildman–Crippen MR) is 106 cm³/mol. The predicted octanol–water partition coefficient (Wildman–Crippen LogP) is 2.55. The van der Waals surface area contributed by atoms with Gasteiger partial charge in [-0.25, -0.2) is 4.39 Å². The van der Waals surface area contributed by atoms with Crippen molar-refractivity contribution in [3.8, 4) is 11.5 Å². The van der Waals surface area contributed by atoms with E-state index in [0.29, 0.717) is 11.3 Å². The van der Waals surface area contributed by atoms with E-state index >= 15 is 0 Å². The minimum Gasteiger partial charge on any atom is -0.493 e. The minimum absolute atomic E-state index is 0. The number of nitrogens with one attached hydrogen (secondary N) is 2. The molecule has 0 saturated carbocycles. The average Bonchev–Trinajstić information content (AvgIpc) is 2.68. The number of nitrogen functional groups attached to an aromatic ring is 1. The van der Waals surface area contributed by atoms with Crippen LogP contribution in [-0.4, -0.2) is 33.1 Å². The number of hydrogen-bond donors (Lipinski definition) is 3. The maximum Gasteiger partial charge on any atom is 0.254 e. The van der Waals surface area contributed by atoms with Crippen molar-refractivity contribution in [1.29, 1.82) is 5.41 Å². The Morgan fingerprint density at radius 1 is 1.14 bits per heavy atom. The highest BCUT2D eigenvalue weighted by molar-refractivity contribution is 5.94. The lowest BCUT2D eigenvalue weighted by atomic mass is 10.1. The van der Waals surface area contributed by atoms with E-state index in [4.69, 9.17) is 25.4 Å². The van der Waals surface area contributed by atoms with Crippen molar-refractivity contribution in [2.45, 2.75) is 12.6 Å². The number of rotatable bonds is 8. The monoisotopic (exact) mass is 411 g/mol. The van der Waals surface area contributed by atoms with Crippen molar-refractivity contribution in [1.82, 2.24) is 5.32 Å². The van der Waals surface area contributed by atoms with Crippen molar-refractivity contribution in [2.75, 3.05) is 21.3 Å². The van der Waals surface area contributed by atoms with Gasteiger partial charge in [0.1, 0.15) is 11.7 Å². The lowest BCUT2D eigenvalue weighted by Gasteiger charge is -2.18. The molecule has 7 nitrogen and oxygen atoms in total. The van der Waals surface area contributed by atoms with Crippen LogP contribution in [0.5, 0.6) is 11.5 Å². The molecule has 2 aromatic carbocycles. The molecule has 0 spiro atoms. The molecule has 0 fully saturated rings. The summed E-state index contributed by atoms with van der Waals surface area (Å²) >= 11 is 0. The third-order valence-electron chi connectivity index (χ3n) is 3.99. The van der Waals surface area contributed by atoms with E-state index < -0.39 is 17.8 Å². The van der Waals surface area contributed by atoms with Crippen molar-refractivity contribution in [3.05, 3.63) is 58.9 Å². The molecular formula is C19H23ClFN3O4. The number of ether oxygens (including phenoxy) is 3. The van der Waals surface area contributed by atoms with Crippen molar-refractivity contribution in [3.63, 3.8) is 0 Å². The van der Waals surface area contributed by atoms with Gasteiger partial charge in [-0.15, -0.1) is 12.4 Å². The topological polar surface area (TPSA) is 107 Å². The van der Waals surface area contributed by atoms with Crippen molar-refractivity contribution < 1.29 is 23.4 Å². The number of amidine groups is 1. The summed E-state index contributed by atoms with van der Waals surface area (Å²) in [5.74, 6) is -0.656. The molecule has 0 saturated heterocycles. The zero-order chi connectivity index (χ0) is 20.0. The summed E-state index contributed by atoms with van der Waals surface area (Å²) in [6.07, 6.45) is -1.15. The Labute approximate surface area is 168 Å². The van der Waals surface area contributed by atoms with E-state index in [1.54, 1.807) is 24.3 Å². The fraction of sp³-hybridized carbons (Fsp3) is 0.263. The Kier molecular flexibility index (Phi) is 8.69. The lowest BCUT2D eigenvalue weighted by molar-refractivity contribution is -0.131. The van der Waals surface area contributed by atoms with Crippen LogP contribution in [0, 0.1) is 11.2 Å². The minimum atomic E-state index is -1.15. The number of amides is 1. The SMILES string of the molecule is COc1cc(F)c(C(OC)C(=O)NCc2ccc(C(=N)N)cc2)cc1OC.Cl. The molecule has 0 aliphatic rings. The molecule has 4 N–H and O–H groups in total. The first-order valence-corrected chi connectivity index (χ1v) is 8.06. The van der Waals surface area contributed by atoms with Crippen molar-refractivity contribution in [2.24, 2.45) is 5.73 Å². The van der Waals surface area contributed by atoms with Gasteiger partial charge in [0.2, 0.25) is 0 Å². The Hall–Kier alpha value is -2.84. The van der Waals surface area contributed by atoms with Gasteiger partial charge in [-0.1, -0.05) is 24.3 Å². The standard InChI is InChI=1S/C19H22FN3O4.ClH/c1-25-15-8-13(14(20)9-16(15)26-2)17(27-3)19(24)23-10-11-4-6-12(7-5-11)18(21)22;/h4-9,17H,10H2,1-3H3,(H3,21,22)(H,23,24);1H. The van der Waals surface area contributed by atoms with E-state index in [9.17, 15) is 9.18 Å². The molecule has 9 heteroatoms. The van der Waals surface area contributed by atoms with Crippen LogP contribution < -0.4 is 20.5 Å². The summed E-state index contributed by atoms with van der Waals surface area (Å²) in [7, 11) is 4.14. The van der Waals surface area contributed by atoms with Gasteiger partial charge >= 0.3 is 0 Å². The van der Waals surface area contributed by atoms with Crippen LogP contribution in [0.25, 0.3) is 0 Å². The molecule has 0 heterocycles. The fourth-order valence-electron chi connectivity index (χ4n) is 2.53. The molecule has 152 valence electrons. The van der Waals surface area contributed by atoms with Crippen molar-refractivity contribution >= 4 is 24.1 Å². The van der Waals surface area contributed by atoms with Gasteiger partial charge in [-0.3, -0.25) is 10.2 Å². The average molecular weight is 412 g/mol. The van der Waals surface area contributed by atoms with Gasteiger partial charge in [0.25, 0.3) is 5.91 Å².